The van der Waals surface area contributed by atoms with Crippen molar-refractivity contribution in [2.75, 3.05) is 11.1 Å². The first-order valence-electron chi connectivity index (χ1n) is 9.25. The van der Waals surface area contributed by atoms with E-state index < -0.39 is 28.7 Å². The third-order valence-electron chi connectivity index (χ3n) is 3.79. The summed E-state index contributed by atoms with van der Waals surface area (Å²) in [6.45, 7) is 8.98. The first-order chi connectivity index (χ1) is 13.7. The van der Waals surface area contributed by atoms with Gasteiger partial charge >= 0.3 is 17.7 Å². The summed E-state index contributed by atoms with van der Waals surface area (Å²) in [5, 5.41) is 2.82. The summed E-state index contributed by atoms with van der Waals surface area (Å²) in [6.07, 6.45) is -3.50. The number of rotatable bonds is 5. The van der Waals surface area contributed by atoms with Crippen molar-refractivity contribution in [3.8, 4) is 11.3 Å². The van der Waals surface area contributed by atoms with Crippen molar-refractivity contribution in [1.29, 1.82) is 0 Å². The molecule has 0 aliphatic carbocycles. The SMILES string of the molecule is CC(C)Nc1ncc(-c2cc(N)cc(C(F)(F)F)c2)n(OC(=O)CC(C)(C)C)c1=O. The third kappa shape index (κ3) is 5.98. The molecule has 0 spiro atoms. The number of nitrogens with two attached hydrogens (primary N) is 1. The van der Waals surface area contributed by atoms with Crippen molar-refractivity contribution in [3.63, 3.8) is 0 Å². The van der Waals surface area contributed by atoms with Crippen molar-refractivity contribution in [2.24, 2.45) is 5.41 Å². The van der Waals surface area contributed by atoms with Crippen LogP contribution in [0.4, 0.5) is 24.7 Å². The summed E-state index contributed by atoms with van der Waals surface area (Å²) in [5.41, 5.74) is 3.05. The number of nitrogens with one attached hydrogen (secondary N) is 1. The first kappa shape index (κ1) is 23.2. The molecular formula is C20H25F3N4O3. The molecular weight excluding hydrogens is 401 g/mol. The van der Waals surface area contributed by atoms with E-state index in [4.69, 9.17) is 10.6 Å². The number of carbonyl (C=O) groups is 1. The molecule has 1 aromatic heterocycles. The highest BCUT2D eigenvalue weighted by Crippen LogP contribution is 2.34. The van der Waals surface area contributed by atoms with Crippen LogP contribution in [-0.2, 0) is 11.0 Å². The lowest BCUT2D eigenvalue weighted by atomic mass is 9.93. The van der Waals surface area contributed by atoms with E-state index in [0.29, 0.717) is 4.73 Å². The number of benzene rings is 1. The van der Waals surface area contributed by atoms with Gasteiger partial charge in [0.05, 0.1) is 18.2 Å². The first-order valence-corrected chi connectivity index (χ1v) is 9.25. The minimum absolute atomic E-state index is 0.0150. The molecule has 0 saturated heterocycles. The molecule has 0 amide bonds. The smallest absolute Gasteiger partial charge is 0.399 e. The molecule has 30 heavy (non-hydrogen) atoms. The van der Waals surface area contributed by atoms with Crippen molar-refractivity contribution in [2.45, 2.75) is 53.3 Å². The van der Waals surface area contributed by atoms with E-state index in [1.807, 2.05) is 20.8 Å². The number of hydrogen-bond acceptors (Lipinski definition) is 6. The number of alkyl halides is 3. The maximum Gasteiger partial charge on any atom is 0.416 e. The summed E-state index contributed by atoms with van der Waals surface area (Å²) >= 11 is 0. The molecule has 2 rings (SSSR count). The van der Waals surface area contributed by atoms with Crippen LogP contribution in [0.25, 0.3) is 11.3 Å². The molecule has 0 radical (unpaired) electrons. The Morgan fingerprint density at radius 2 is 1.87 bits per heavy atom. The Balaban J connectivity index is 2.65. The molecule has 1 aromatic carbocycles. The van der Waals surface area contributed by atoms with Gasteiger partial charge in [-0.3, -0.25) is 4.79 Å². The fourth-order valence-electron chi connectivity index (χ4n) is 2.62. The molecule has 164 valence electrons. The van der Waals surface area contributed by atoms with Gasteiger partial charge in [-0.25, -0.2) is 9.78 Å². The highest BCUT2D eigenvalue weighted by Gasteiger charge is 2.32. The van der Waals surface area contributed by atoms with E-state index in [1.54, 1.807) is 13.8 Å². The molecule has 2 aromatic rings. The molecule has 0 saturated carbocycles. The number of aromatic nitrogens is 2. The maximum atomic E-state index is 13.2. The van der Waals surface area contributed by atoms with Gasteiger partial charge in [-0.2, -0.15) is 13.2 Å². The average Bonchev–Trinajstić information content (AvgIpc) is 2.55. The standard InChI is InChI=1S/C20H25F3N4O3/c1-11(2)26-17-18(29)27(30-16(28)9-19(3,4)5)15(10-25-17)12-6-13(20(21,22)23)8-14(24)7-12/h6-8,10-11H,9,24H2,1-5H3,(H,25,26). The topological polar surface area (TPSA) is 99.2 Å². The number of halogens is 3. The average molecular weight is 426 g/mol. The fraction of sp³-hybridized carbons (Fsp3) is 0.450. The van der Waals surface area contributed by atoms with Crippen LogP contribution < -0.4 is 21.4 Å². The van der Waals surface area contributed by atoms with E-state index in [0.717, 1.165) is 18.3 Å². The van der Waals surface area contributed by atoms with Crippen molar-refractivity contribution in [3.05, 3.63) is 40.3 Å². The van der Waals surface area contributed by atoms with Gasteiger partial charge in [-0.05, 0) is 37.5 Å². The molecule has 0 aliphatic rings. The normalized spacial score (nSPS) is 12.2. The highest BCUT2D eigenvalue weighted by molar-refractivity contribution is 5.72. The third-order valence-corrected chi connectivity index (χ3v) is 3.79. The van der Waals surface area contributed by atoms with E-state index in [2.05, 4.69) is 10.3 Å². The van der Waals surface area contributed by atoms with Crippen LogP contribution in [0.5, 0.6) is 0 Å². The lowest BCUT2D eigenvalue weighted by molar-refractivity contribution is -0.146. The van der Waals surface area contributed by atoms with Crippen LogP contribution in [-0.4, -0.2) is 21.7 Å². The largest absolute Gasteiger partial charge is 0.416 e. The maximum absolute atomic E-state index is 13.2. The van der Waals surface area contributed by atoms with Gasteiger partial charge < -0.3 is 15.9 Å². The lowest BCUT2D eigenvalue weighted by Crippen LogP contribution is -2.36. The summed E-state index contributed by atoms with van der Waals surface area (Å²) in [6, 6.07) is 2.69. The van der Waals surface area contributed by atoms with Gasteiger partial charge in [0.15, 0.2) is 5.82 Å². The van der Waals surface area contributed by atoms with Crippen LogP contribution in [0, 0.1) is 5.41 Å². The van der Waals surface area contributed by atoms with Crippen molar-refractivity contribution >= 4 is 17.5 Å². The molecule has 1 heterocycles. The Bertz CT molecular complexity index is 992. The minimum atomic E-state index is -4.65. The minimum Gasteiger partial charge on any atom is -0.399 e. The van der Waals surface area contributed by atoms with E-state index in [1.165, 1.54) is 6.07 Å². The van der Waals surface area contributed by atoms with Gasteiger partial charge in [0.25, 0.3) is 0 Å². The summed E-state index contributed by atoms with van der Waals surface area (Å²) in [4.78, 5) is 34.5. The van der Waals surface area contributed by atoms with E-state index in [-0.39, 0.29) is 35.2 Å². The predicted octanol–water partition coefficient (Wildman–Crippen LogP) is 3.72. The zero-order chi connectivity index (χ0) is 22.9. The van der Waals surface area contributed by atoms with Gasteiger partial charge in [0, 0.05) is 17.3 Å². The van der Waals surface area contributed by atoms with Crippen LogP contribution in [0.3, 0.4) is 0 Å². The second-order valence-corrected chi connectivity index (χ2v) is 8.43. The second-order valence-electron chi connectivity index (χ2n) is 8.43. The molecule has 0 bridgehead atoms. The van der Waals surface area contributed by atoms with Crippen LogP contribution in [0.15, 0.2) is 29.2 Å². The molecule has 3 N–H and O–H groups in total. The molecule has 0 unspecified atom stereocenters. The number of nitrogen functional groups attached to an aromatic ring is 1. The quantitative estimate of drug-likeness (QED) is 0.707. The second kappa shape index (κ2) is 8.37. The molecule has 0 aliphatic heterocycles. The summed E-state index contributed by atoms with van der Waals surface area (Å²) < 4.78 is 40.3. The Hall–Kier alpha value is -3.04. The Kier molecular flexibility index (Phi) is 6.48. The van der Waals surface area contributed by atoms with Crippen LogP contribution in [0.1, 0.15) is 46.6 Å². The lowest BCUT2D eigenvalue weighted by Gasteiger charge is -2.19. The van der Waals surface area contributed by atoms with Gasteiger partial charge in [-0.1, -0.05) is 20.8 Å². The van der Waals surface area contributed by atoms with Crippen molar-refractivity contribution in [1.82, 2.24) is 9.71 Å². The number of nitrogens with zero attached hydrogens (tertiary/aromatic N) is 2. The Morgan fingerprint density at radius 1 is 1.23 bits per heavy atom. The molecule has 10 heteroatoms. The summed E-state index contributed by atoms with van der Waals surface area (Å²) in [5.74, 6) is -0.815. The van der Waals surface area contributed by atoms with E-state index >= 15 is 0 Å². The van der Waals surface area contributed by atoms with Crippen molar-refractivity contribution < 1.29 is 22.8 Å². The number of hydrogen-bond donors (Lipinski definition) is 2. The molecule has 0 fully saturated rings. The van der Waals surface area contributed by atoms with Crippen LogP contribution >= 0.6 is 0 Å². The fourth-order valence-corrected chi connectivity index (χ4v) is 2.62. The Morgan fingerprint density at radius 3 is 2.40 bits per heavy atom. The van der Waals surface area contributed by atoms with Gasteiger partial charge in [-0.15, -0.1) is 4.73 Å². The molecule has 0 atom stereocenters. The van der Waals surface area contributed by atoms with Gasteiger partial charge in [0.1, 0.15) is 5.69 Å². The zero-order valence-electron chi connectivity index (χ0n) is 17.4. The Labute approximate surface area is 172 Å². The zero-order valence-corrected chi connectivity index (χ0v) is 17.4. The molecule has 7 nitrogen and oxygen atoms in total. The number of anilines is 2. The summed E-state index contributed by atoms with van der Waals surface area (Å²) in [7, 11) is 0. The monoisotopic (exact) mass is 426 g/mol. The predicted molar refractivity (Wildman–Crippen MR) is 108 cm³/mol. The number of carbonyl (C=O) groups excluding carboxylic acids is 1. The van der Waals surface area contributed by atoms with Gasteiger partial charge in [0.2, 0.25) is 0 Å². The highest BCUT2D eigenvalue weighted by atomic mass is 19.4. The van der Waals surface area contributed by atoms with E-state index in [9.17, 15) is 22.8 Å². The van der Waals surface area contributed by atoms with Crippen LogP contribution in [0.2, 0.25) is 0 Å².